The van der Waals surface area contributed by atoms with Gasteiger partial charge >= 0.3 is 0 Å². The number of hydrogen-bond acceptors (Lipinski definition) is 3. The van der Waals surface area contributed by atoms with Gasteiger partial charge < -0.3 is 9.84 Å². The van der Waals surface area contributed by atoms with Crippen molar-refractivity contribution >= 4 is 0 Å². The Kier molecular flexibility index (Phi) is 4.56. The van der Waals surface area contributed by atoms with Crippen LogP contribution in [0.4, 0.5) is 4.39 Å². The molecule has 21 heavy (non-hydrogen) atoms. The summed E-state index contributed by atoms with van der Waals surface area (Å²) in [5.41, 5.74) is -0.370. The molecule has 108 valence electrons. The highest BCUT2D eigenvalue weighted by Crippen LogP contribution is 2.29. The van der Waals surface area contributed by atoms with Crippen LogP contribution in [0.15, 0.2) is 48.5 Å². The van der Waals surface area contributed by atoms with Gasteiger partial charge in [0.2, 0.25) is 0 Å². The molecule has 0 amide bonds. The number of para-hydroxylation sites is 1. The van der Waals surface area contributed by atoms with E-state index in [1.807, 2.05) is 6.07 Å². The minimum absolute atomic E-state index is 0.154. The lowest BCUT2D eigenvalue weighted by atomic mass is 9.91. The SMILES string of the molecule is CC(O)(CCC#N)c1ccc(Oc2ccccc2F)cc1. The summed E-state index contributed by atoms with van der Waals surface area (Å²) in [5, 5.41) is 18.9. The Labute approximate surface area is 123 Å². The van der Waals surface area contributed by atoms with Crippen molar-refractivity contribution in [2.75, 3.05) is 0 Å². The highest BCUT2D eigenvalue weighted by molar-refractivity contribution is 5.35. The molecule has 2 aromatic rings. The molecule has 0 aliphatic rings. The van der Waals surface area contributed by atoms with Gasteiger partial charge in [0.15, 0.2) is 11.6 Å². The fourth-order valence-electron chi connectivity index (χ4n) is 1.98. The molecular weight excluding hydrogens is 269 g/mol. The quantitative estimate of drug-likeness (QED) is 0.898. The average Bonchev–Trinajstić information content (AvgIpc) is 2.48. The third-order valence-corrected chi connectivity index (χ3v) is 3.26. The zero-order chi connectivity index (χ0) is 15.3. The molecule has 0 aliphatic heterocycles. The lowest BCUT2D eigenvalue weighted by Crippen LogP contribution is -2.20. The van der Waals surface area contributed by atoms with Crippen molar-refractivity contribution in [3.05, 3.63) is 59.9 Å². The highest BCUT2D eigenvalue weighted by Gasteiger charge is 2.22. The van der Waals surface area contributed by atoms with Crippen molar-refractivity contribution < 1.29 is 14.2 Å². The molecule has 1 atom stereocenters. The van der Waals surface area contributed by atoms with E-state index in [0.29, 0.717) is 17.7 Å². The second-order valence-electron chi connectivity index (χ2n) is 4.99. The Bertz CT molecular complexity index is 645. The van der Waals surface area contributed by atoms with Crippen LogP contribution in [0.1, 0.15) is 25.3 Å². The second kappa shape index (κ2) is 6.38. The molecule has 0 radical (unpaired) electrons. The molecule has 0 spiro atoms. The second-order valence-corrected chi connectivity index (χ2v) is 4.99. The van der Waals surface area contributed by atoms with Gasteiger partial charge in [0.05, 0.1) is 11.7 Å². The van der Waals surface area contributed by atoms with E-state index in [0.717, 1.165) is 0 Å². The number of aliphatic hydroxyl groups is 1. The molecule has 2 rings (SSSR count). The third kappa shape index (κ3) is 3.80. The Morgan fingerprint density at radius 2 is 1.86 bits per heavy atom. The zero-order valence-corrected chi connectivity index (χ0v) is 11.7. The third-order valence-electron chi connectivity index (χ3n) is 3.26. The van der Waals surface area contributed by atoms with E-state index < -0.39 is 11.4 Å². The van der Waals surface area contributed by atoms with Crippen LogP contribution in [0.3, 0.4) is 0 Å². The average molecular weight is 285 g/mol. The van der Waals surface area contributed by atoms with Gasteiger partial charge in [-0.2, -0.15) is 5.26 Å². The maximum Gasteiger partial charge on any atom is 0.165 e. The van der Waals surface area contributed by atoms with Gasteiger partial charge in [0, 0.05) is 6.42 Å². The van der Waals surface area contributed by atoms with Crippen molar-refractivity contribution in [1.29, 1.82) is 5.26 Å². The lowest BCUT2D eigenvalue weighted by Gasteiger charge is -2.22. The molecule has 0 aromatic heterocycles. The van der Waals surface area contributed by atoms with Gasteiger partial charge in [-0.05, 0) is 43.2 Å². The molecule has 4 heteroatoms. The number of hydrogen-bond donors (Lipinski definition) is 1. The number of nitrogens with zero attached hydrogens (tertiary/aromatic N) is 1. The molecule has 0 bridgehead atoms. The molecule has 0 fully saturated rings. The fourth-order valence-corrected chi connectivity index (χ4v) is 1.98. The largest absolute Gasteiger partial charge is 0.454 e. The maximum atomic E-state index is 13.5. The monoisotopic (exact) mass is 285 g/mol. The van der Waals surface area contributed by atoms with Crippen molar-refractivity contribution in [3.63, 3.8) is 0 Å². The summed E-state index contributed by atoms with van der Waals surface area (Å²) in [4.78, 5) is 0. The van der Waals surface area contributed by atoms with Gasteiger partial charge in [-0.15, -0.1) is 0 Å². The minimum Gasteiger partial charge on any atom is -0.454 e. The molecule has 3 nitrogen and oxygen atoms in total. The van der Waals surface area contributed by atoms with Crippen LogP contribution in [0.5, 0.6) is 11.5 Å². The van der Waals surface area contributed by atoms with E-state index in [1.165, 1.54) is 6.07 Å². The van der Waals surface area contributed by atoms with Crippen LogP contribution < -0.4 is 4.74 Å². The topological polar surface area (TPSA) is 53.2 Å². The van der Waals surface area contributed by atoms with Crippen molar-refractivity contribution in [1.82, 2.24) is 0 Å². The highest BCUT2D eigenvalue weighted by atomic mass is 19.1. The Morgan fingerprint density at radius 1 is 1.19 bits per heavy atom. The van der Waals surface area contributed by atoms with E-state index in [-0.39, 0.29) is 12.2 Å². The molecule has 0 aliphatic carbocycles. The Balaban J connectivity index is 2.13. The summed E-state index contributed by atoms with van der Waals surface area (Å²) in [6.07, 6.45) is 0.636. The molecule has 0 heterocycles. The van der Waals surface area contributed by atoms with Crippen LogP contribution >= 0.6 is 0 Å². The van der Waals surface area contributed by atoms with Crippen molar-refractivity contribution in [2.24, 2.45) is 0 Å². The van der Waals surface area contributed by atoms with Gasteiger partial charge in [-0.3, -0.25) is 0 Å². The summed E-state index contributed by atoms with van der Waals surface area (Å²) < 4.78 is 18.9. The standard InChI is InChI=1S/C17H16FNO2/c1-17(20,11-4-12-19)13-7-9-14(10-8-13)21-16-6-3-2-5-15(16)18/h2-3,5-10,20H,4,11H2,1H3. The summed E-state index contributed by atoms with van der Waals surface area (Å²) in [5.74, 6) is 0.212. The molecule has 2 aromatic carbocycles. The van der Waals surface area contributed by atoms with Crippen LogP contribution in [0, 0.1) is 17.1 Å². The van der Waals surface area contributed by atoms with Crippen LogP contribution in [-0.2, 0) is 5.60 Å². The van der Waals surface area contributed by atoms with Crippen LogP contribution in [0.25, 0.3) is 0 Å². The van der Waals surface area contributed by atoms with E-state index in [2.05, 4.69) is 0 Å². The summed E-state index contributed by atoms with van der Waals surface area (Å²) >= 11 is 0. The van der Waals surface area contributed by atoms with Crippen LogP contribution in [-0.4, -0.2) is 5.11 Å². The Morgan fingerprint density at radius 3 is 2.48 bits per heavy atom. The van der Waals surface area contributed by atoms with Gasteiger partial charge in [0.25, 0.3) is 0 Å². The normalized spacial score (nSPS) is 13.2. The van der Waals surface area contributed by atoms with Gasteiger partial charge in [-0.1, -0.05) is 24.3 Å². The van der Waals surface area contributed by atoms with Gasteiger partial charge in [0.1, 0.15) is 5.75 Å². The molecular formula is C17H16FNO2. The summed E-state index contributed by atoms with van der Waals surface area (Å²) in [6.45, 7) is 1.66. The summed E-state index contributed by atoms with van der Waals surface area (Å²) in [6, 6.07) is 15.0. The van der Waals surface area contributed by atoms with E-state index >= 15 is 0 Å². The number of ether oxygens (including phenoxy) is 1. The number of halogens is 1. The lowest BCUT2D eigenvalue weighted by molar-refractivity contribution is 0.0492. The van der Waals surface area contributed by atoms with Gasteiger partial charge in [-0.25, -0.2) is 4.39 Å². The molecule has 0 saturated carbocycles. The van der Waals surface area contributed by atoms with Crippen molar-refractivity contribution in [2.45, 2.75) is 25.4 Å². The smallest absolute Gasteiger partial charge is 0.165 e. The first-order chi connectivity index (χ1) is 10.0. The van der Waals surface area contributed by atoms with E-state index in [9.17, 15) is 9.50 Å². The maximum absolute atomic E-state index is 13.5. The fraction of sp³-hybridized carbons (Fsp3) is 0.235. The predicted molar refractivity (Wildman–Crippen MR) is 77.3 cm³/mol. The minimum atomic E-state index is -1.06. The molecule has 1 N–H and O–H groups in total. The zero-order valence-electron chi connectivity index (χ0n) is 11.7. The molecule has 1 unspecified atom stereocenters. The Hall–Kier alpha value is -2.38. The number of nitriles is 1. The summed E-state index contributed by atoms with van der Waals surface area (Å²) in [7, 11) is 0. The van der Waals surface area contributed by atoms with E-state index in [4.69, 9.17) is 10.00 Å². The molecule has 0 saturated heterocycles. The predicted octanol–water partition coefficient (Wildman–Crippen LogP) is 4.13. The first-order valence-electron chi connectivity index (χ1n) is 6.65. The number of rotatable bonds is 5. The number of benzene rings is 2. The van der Waals surface area contributed by atoms with Crippen molar-refractivity contribution in [3.8, 4) is 17.6 Å². The van der Waals surface area contributed by atoms with Crippen LogP contribution in [0.2, 0.25) is 0 Å². The first kappa shape index (κ1) is 15.0. The van der Waals surface area contributed by atoms with E-state index in [1.54, 1.807) is 49.4 Å². The first-order valence-corrected chi connectivity index (χ1v) is 6.65.